The van der Waals surface area contributed by atoms with E-state index < -0.39 is 0 Å². The van der Waals surface area contributed by atoms with Gasteiger partial charge in [0.05, 0.1) is 6.04 Å². The van der Waals surface area contributed by atoms with Gasteiger partial charge in [-0.2, -0.15) is 4.98 Å². The number of hydrogen-bond donors (Lipinski definition) is 1. The number of nitrogens with zero attached hydrogens (tertiary/aromatic N) is 2. The van der Waals surface area contributed by atoms with E-state index in [4.69, 9.17) is 21.9 Å². The summed E-state index contributed by atoms with van der Waals surface area (Å²) < 4.78 is 5.29. The van der Waals surface area contributed by atoms with Crippen molar-refractivity contribution in [3.63, 3.8) is 0 Å². The van der Waals surface area contributed by atoms with Crippen LogP contribution >= 0.6 is 11.6 Å². The summed E-state index contributed by atoms with van der Waals surface area (Å²) in [7, 11) is 0. The van der Waals surface area contributed by atoms with Crippen LogP contribution in [0.15, 0.2) is 22.7 Å². The second-order valence-electron chi connectivity index (χ2n) is 4.73. The van der Waals surface area contributed by atoms with Gasteiger partial charge < -0.3 is 10.3 Å². The van der Waals surface area contributed by atoms with E-state index in [1.54, 1.807) is 0 Å². The van der Waals surface area contributed by atoms with Crippen molar-refractivity contribution < 1.29 is 4.52 Å². The Bertz CT molecular complexity index is 577. The fourth-order valence-electron chi connectivity index (χ4n) is 1.98. The molecule has 94 valence electrons. The van der Waals surface area contributed by atoms with Gasteiger partial charge in [0.25, 0.3) is 5.89 Å². The number of benzene rings is 1. The van der Waals surface area contributed by atoms with Gasteiger partial charge >= 0.3 is 0 Å². The van der Waals surface area contributed by atoms with Crippen LogP contribution in [0.25, 0.3) is 11.5 Å². The highest BCUT2D eigenvalue weighted by Crippen LogP contribution is 2.39. The van der Waals surface area contributed by atoms with E-state index in [1.165, 1.54) is 0 Å². The first-order chi connectivity index (χ1) is 8.66. The number of nitrogens with two attached hydrogens (primary N) is 1. The van der Waals surface area contributed by atoms with Gasteiger partial charge in [-0.05, 0) is 43.4 Å². The van der Waals surface area contributed by atoms with Crippen molar-refractivity contribution in [3.05, 3.63) is 34.6 Å². The Kier molecular flexibility index (Phi) is 2.84. The maximum absolute atomic E-state index is 6.08. The Morgan fingerprint density at radius 1 is 1.44 bits per heavy atom. The van der Waals surface area contributed by atoms with Crippen LogP contribution in [-0.2, 0) is 0 Å². The van der Waals surface area contributed by atoms with E-state index in [-0.39, 0.29) is 6.04 Å². The predicted molar refractivity (Wildman–Crippen MR) is 69.1 cm³/mol. The van der Waals surface area contributed by atoms with Crippen molar-refractivity contribution in [2.75, 3.05) is 0 Å². The van der Waals surface area contributed by atoms with Gasteiger partial charge in [-0.3, -0.25) is 0 Å². The van der Waals surface area contributed by atoms with Crippen LogP contribution in [-0.4, -0.2) is 10.1 Å². The van der Waals surface area contributed by atoms with Gasteiger partial charge in [0.2, 0.25) is 0 Å². The largest absolute Gasteiger partial charge is 0.334 e. The van der Waals surface area contributed by atoms with Gasteiger partial charge in [-0.15, -0.1) is 0 Å². The van der Waals surface area contributed by atoms with Gasteiger partial charge in [0.1, 0.15) is 0 Å². The molecule has 1 aliphatic rings. The SMILES string of the molecule is Cc1c(Cl)cccc1-c1nc(C(N)C2CC2)no1. The van der Waals surface area contributed by atoms with Crippen molar-refractivity contribution in [3.8, 4) is 11.5 Å². The van der Waals surface area contributed by atoms with Crippen molar-refractivity contribution >= 4 is 11.6 Å². The zero-order valence-corrected chi connectivity index (χ0v) is 10.8. The lowest BCUT2D eigenvalue weighted by Gasteiger charge is -2.03. The fraction of sp³-hybridized carbons (Fsp3) is 0.385. The average Bonchev–Trinajstić information content (AvgIpc) is 3.10. The predicted octanol–water partition coefficient (Wildman–Crippen LogP) is 3.11. The topological polar surface area (TPSA) is 64.9 Å². The molecule has 1 heterocycles. The van der Waals surface area contributed by atoms with E-state index >= 15 is 0 Å². The van der Waals surface area contributed by atoms with E-state index in [0.717, 1.165) is 24.0 Å². The molecule has 1 saturated carbocycles. The van der Waals surface area contributed by atoms with Crippen LogP contribution in [0.3, 0.4) is 0 Å². The number of hydrogen-bond acceptors (Lipinski definition) is 4. The minimum Gasteiger partial charge on any atom is -0.334 e. The van der Waals surface area contributed by atoms with E-state index in [9.17, 15) is 0 Å². The summed E-state index contributed by atoms with van der Waals surface area (Å²) in [6.07, 6.45) is 2.31. The smallest absolute Gasteiger partial charge is 0.258 e. The van der Waals surface area contributed by atoms with Crippen LogP contribution in [0.5, 0.6) is 0 Å². The molecule has 3 rings (SSSR count). The molecule has 0 saturated heterocycles. The molecule has 1 atom stereocenters. The molecule has 4 nitrogen and oxygen atoms in total. The zero-order valence-electron chi connectivity index (χ0n) is 10.1. The molecule has 1 aromatic carbocycles. The Hall–Kier alpha value is -1.39. The second kappa shape index (κ2) is 4.37. The number of halogens is 1. The van der Waals surface area contributed by atoms with Crippen molar-refractivity contribution in [2.24, 2.45) is 11.7 Å². The third-order valence-corrected chi connectivity index (χ3v) is 3.78. The maximum atomic E-state index is 6.08. The molecule has 5 heteroatoms. The molecule has 1 fully saturated rings. The average molecular weight is 264 g/mol. The van der Waals surface area contributed by atoms with Gasteiger partial charge in [-0.1, -0.05) is 22.8 Å². The van der Waals surface area contributed by atoms with Crippen molar-refractivity contribution in [1.29, 1.82) is 0 Å². The minimum atomic E-state index is -0.109. The van der Waals surface area contributed by atoms with Crippen LogP contribution in [0.4, 0.5) is 0 Å². The highest BCUT2D eigenvalue weighted by atomic mass is 35.5. The molecular weight excluding hydrogens is 250 g/mol. The lowest BCUT2D eigenvalue weighted by molar-refractivity contribution is 0.411. The molecule has 0 bridgehead atoms. The Morgan fingerprint density at radius 2 is 2.22 bits per heavy atom. The van der Waals surface area contributed by atoms with Gasteiger partial charge in [0, 0.05) is 10.6 Å². The second-order valence-corrected chi connectivity index (χ2v) is 5.14. The zero-order chi connectivity index (χ0) is 12.7. The lowest BCUT2D eigenvalue weighted by Crippen LogP contribution is -2.13. The molecule has 2 N–H and O–H groups in total. The molecule has 0 aliphatic heterocycles. The van der Waals surface area contributed by atoms with Crippen LogP contribution in [0.1, 0.15) is 30.3 Å². The van der Waals surface area contributed by atoms with E-state index in [1.807, 2.05) is 25.1 Å². The highest BCUT2D eigenvalue weighted by molar-refractivity contribution is 6.31. The van der Waals surface area contributed by atoms with Crippen LogP contribution < -0.4 is 5.73 Å². The van der Waals surface area contributed by atoms with Gasteiger partial charge in [-0.25, -0.2) is 0 Å². The number of aromatic nitrogens is 2. The van der Waals surface area contributed by atoms with Gasteiger partial charge in [0.15, 0.2) is 5.82 Å². The Morgan fingerprint density at radius 3 is 2.94 bits per heavy atom. The van der Waals surface area contributed by atoms with Crippen LogP contribution in [0.2, 0.25) is 5.02 Å². The first-order valence-electron chi connectivity index (χ1n) is 6.01. The van der Waals surface area contributed by atoms with E-state index in [2.05, 4.69) is 10.1 Å². The summed E-state index contributed by atoms with van der Waals surface area (Å²) in [6, 6.07) is 5.52. The molecule has 1 aromatic heterocycles. The first kappa shape index (κ1) is 11.7. The van der Waals surface area contributed by atoms with E-state index in [0.29, 0.717) is 22.7 Å². The summed E-state index contributed by atoms with van der Waals surface area (Å²) in [5.41, 5.74) is 7.85. The summed E-state index contributed by atoms with van der Waals surface area (Å²) in [5.74, 6) is 1.59. The Labute approximate surface area is 110 Å². The highest BCUT2D eigenvalue weighted by Gasteiger charge is 2.32. The third kappa shape index (κ3) is 2.02. The van der Waals surface area contributed by atoms with Crippen LogP contribution in [0, 0.1) is 12.8 Å². The summed E-state index contributed by atoms with van der Waals surface area (Å²) in [4.78, 5) is 4.38. The molecular formula is C13H14ClN3O. The summed E-state index contributed by atoms with van der Waals surface area (Å²) in [6.45, 7) is 1.93. The quantitative estimate of drug-likeness (QED) is 0.924. The Balaban J connectivity index is 1.94. The lowest BCUT2D eigenvalue weighted by atomic mass is 10.1. The molecule has 2 aromatic rings. The molecule has 18 heavy (non-hydrogen) atoms. The monoisotopic (exact) mass is 263 g/mol. The standard InChI is InChI=1S/C13H14ClN3O/c1-7-9(3-2-4-10(7)14)13-16-12(17-18-13)11(15)8-5-6-8/h2-4,8,11H,5-6,15H2,1H3. The number of rotatable bonds is 3. The summed E-state index contributed by atoms with van der Waals surface area (Å²) in [5, 5.41) is 4.66. The molecule has 0 amide bonds. The minimum absolute atomic E-state index is 0.109. The molecule has 1 aliphatic carbocycles. The normalized spacial score (nSPS) is 16.8. The maximum Gasteiger partial charge on any atom is 0.258 e. The fourth-order valence-corrected chi connectivity index (χ4v) is 2.16. The molecule has 1 unspecified atom stereocenters. The van der Waals surface area contributed by atoms with Crippen molar-refractivity contribution in [1.82, 2.24) is 10.1 Å². The first-order valence-corrected chi connectivity index (χ1v) is 6.39. The molecule has 0 spiro atoms. The molecule has 0 radical (unpaired) electrons. The summed E-state index contributed by atoms with van der Waals surface area (Å²) >= 11 is 6.08. The van der Waals surface area contributed by atoms with Crippen molar-refractivity contribution in [2.45, 2.75) is 25.8 Å². The third-order valence-electron chi connectivity index (χ3n) is 3.37.